The van der Waals surface area contributed by atoms with Crippen molar-refractivity contribution in [2.75, 3.05) is 0 Å². The van der Waals surface area contributed by atoms with Crippen LogP contribution in [-0.2, 0) is 11.4 Å². The predicted molar refractivity (Wildman–Crippen MR) is 78.4 cm³/mol. The number of halogens is 2. The lowest BCUT2D eigenvalue weighted by Gasteiger charge is -2.07. The van der Waals surface area contributed by atoms with Crippen molar-refractivity contribution in [2.24, 2.45) is 0 Å². The lowest BCUT2D eigenvalue weighted by molar-refractivity contribution is -0.132. The zero-order valence-electron chi connectivity index (χ0n) is 11.8. The van der Waals surface area contributed by atoms with Crippen LogP contribution in [0, 0.1) is 11.6 Å². The van der Waals surface area contributed by atoms with Gasteiger partial charge >= 0.3 is 5.97 Å². The lowest BCUT2D eigenvalue weighted by Crippen LogP contribution is -1.97. The molecule has 5 heteroatoms. The van der Waals surface area contributed by atoms with Crippen molar-refractivity contribution in [3.63, 3.8) is 0 Å². The number of hydrogen-bond donors (Lipinski definition) is 1. The van der Waals surface area contributed by atoms with E-state index in [0.717, 1.165) is 11.6 Å². The van der Waals surface area contributed by atoms with Gasteiger partial charge in [-0.2, -0.15) is 0 Å². The Hall–Kier alpha value is -2.69. The predicted octanol–water partition coefficient (Wildman–Crippen LogP) is 4.03. The number of carbonyl (C=O) groups is 1. The fraction of sp³-hybridized carbons (Fsp3) is 0.118. The summed E-state index contributed by atoms with van der Waals surface area (Å²) in [6, 6.07) is 9.94. The van der Waals surface area contributed by atoms with Gasteiger partial charge in [-0.3, -0.25) is 0 Å². The van der Waals surface area contributed by atoms with Crippen LogP contribution in [-0.4, -0.2) is 11.1 Å². The second-order valence-electron chi connectivity index (χ2n) is 4.77. The summed E-state index contributed by atoms with van der Waals surface area (Å²) in [4.78, 5) is 10.7. The topological polar surface area (TPSA) is 46.5 Å². The Balaban J connectivity index is 2.02. The minimum absolute atomic E-state index is 0.0397. The molecule has 0 saturated heterocycles. The van der Waals surface area contributed by atoms with E-state index in [9.17, 15) is 13.6 Å². The van der Waals surface area contributed by atoms with Crippen LogP contribution in [0.5, 0.6) is 5.75 Å². The van der Waals surface area contributed by atoms with Crippen LogP contribution in [0.25, 0.3) is 6.08 Å². The first-order chi connectivity index (χ1) is 10.4. The Kier molecular flexibility index (Phi) is 4.88. The molecule has 0 bridgehead atoms. The summed E-state index contributed by atoms with van der Waals surface area (Å²) in [5.74, 6) is -1.75. The molecule has 0 aliphatic carbocycles. The highest BCUT2D eigenvalue weighted by molar-refractivity contribution is 5.91. The Morgan fingerprint density at radius 1 is 1.14 bits per heavy atom. The summed E-state index contributed by atoms with van der Waals surface area (Å²) >= 11 is 0. The van der Waals surface area contributed by atoms with E-state index in [2.05, 4.69) is 0 Å². The zero-order chi connectivity index (χ0) is 16.1. The Bertz CT molecular complexity index is 686. The van der Waals surface area contributed by atoms with Gasteiger partial charge in [0, 0.05) is 11.6 Å². The van der Waals surface area contributed by atoms with Gasteiger partial charge in [0.05, 0.1) is 0 Å². The lowest BCUT2D eigenvalue weighted by atomic mass is 10.1. The van der Waals surface area contributed by atoms with E-state index in [1.807, 2.05) is 0 Å². The molecule has 114 valence electrons. The molecule has 1 N–H and O–H groups in total. The average Bonchev–Trinajstić information content (AvgIpc) is 2.45. The molecule has 0 unspecified atom stereocenters. The Labute approximate surface area is 126 Å². The highest BCUT2D eigenvalue weighted by atomic mass is 19.1. The summed E-state index contributed by atoms with van der Waals surface area (Å²) in [7, 11) is 0. The van der Waals surface area contributed by atoms with Crippen LogP contribution in [0.4, 0.5) is 8.78 Å². The van der Waals surface area contributed by atoms with Gasteiger partial charge in [-0.15, -0.1) is 0 Å². The highest BCUT2D eigenvalue weighted by Crippen LogP contribution is 2.17. The maximum absolute atomic E-state index is 13.0. The molecule has 0 aromatic heterocycles. The van der Waals surface area contributed by atoms with Crippen LogP contribution in [0.3, 0.4) is 0 Å². The fourth-order valence-electron chi connectivity index (χ4n) is 1.83. The van der Waals surface area contributed by atoms with E-state index >= 15 is 0 Å². The second-order valence-corrected chi connectivity index (χ2v) is 4.77. The Morgan fingerprint density at radius 2 is 1.73 bits per heavy atom. The molecule has 0 spiro atoms. The third kappa shape index (κ3) is 4.41. The molecule has 3 nitrogen and oxygen atoms in total. The minimum atomic E-state index is -0.978. The quantitative estimate of drug-likeness (QED) is 0.848. The number of ether oxygens (including phenoxy) is 1. The third-order valence-electron chi connectivity index (χ3n) is 2.93. The molecular formula is C17H14F2O3. The van der Waals surface area contributed by atoms with Crippen molar-refractivity contribution in [3.8, 4) is 5.75 Å². The van der Waals surface area contributed by atoms with Gasteiger partial charge in [-0.05, 0) is 48.4 Å². The molecule has 0 aliphatic heterocycles. The molecule has 0 aliphatic rings. The fourth-order valence-corrected chi connectivity index (χ4v) is 1.83. The van der Waals surface area contributed by atoms with Gasteiger partial charge in [0.1, 0.15) is 24.0 Å². The van der Waals surface area contributed by atoms with Gasteiger partial charge in [-0.1, -0.05) is 12.1 Å². The second kappa shape index (κ2) is 6.85. The largest absolute Gasteiger partial charge is 0.489 e. The van der Waals surface area contributed by atoms with Crippen molar-refractivity contribution in [3.05, 3.63) is 70.8 Å². The molecule has 22 heavy (non-hydrogen) atoms. The molecule has 2 aromatic carbocycles. The minimum Gasteiger partial charge on any atom is -0.489 e. The number of benzene rings is 2. The molecule has 0 radical (unpaired) electrons. The molecule has 2 rings (SSSR count). The van der Waals surface area contributed by atoms with Gasteiger partial charge in [-0.25, -0.2) is 13.6 Å². The monoisotopic (exact) mass is 304 g/mol. The SMILES string of the molecule is C/C(=C\c1ccc(OCc2cc(F)cc(F)c2)cc1)C(=O)O. The smallest absolute Gasteiger partial charge is 0.331 e. The van der Waals surface area contributed by atoms with Crippen LogP contribution in [0.2, 0.25) is 0 Å². The van der Waals surface area contributed by atoms with Gasteiger partial charge in [0.15, 0.2) is 0 Å². The summed E-state index contributed by atoms with van der Waals surface area (Å²) in [6.45, 7) is 1.54. The summed E-state index contributed by atoms with van der Waals surface area (Å²) in [5.41, 5.74) is 1.34. The van der Waals surface area contributed by atoms with E-state index in [1.54, 1.807) is 24.3 Å². The van der Waals surface area contributed by atoms with Crippen LogP contribution in [0.1, 0.15) is 18.1 Å². The van der Waals surface area contributed by atoms with Gasteiger partial charge < -0.3 is 9.84 Å². The molecule has 0 amide bonds. The number of carboxylic acids is 1. The maximum Gasteiger partial charge on any atom is 0.331 e. The summed E-state index contributed by atoms with van der Waals surface area (Å²) in [5, 5.41) is 8.80. The van der Waals surface area contributed by atoms with E-state index in [0.29, 0.717) is 11.3 Å². The number of aliphatic carboxylic acids is 1. The van der Waals surface area contributed by atoms with Crippen LogP contribution >= 0.6 is 0 Å². The van der Waals surface area contributed by atoms with Crippen LogP contribution in [0.15, 0.2) is 48.0 Å². The molecule has 0 saturated carbocycles. The van der Waals surface area contributed by atoms with Crippen LogP contribution < -0.4 is 4.74 Å². The summed E-state index contributed by atoms with van der Waals surface area (Å²) < 4.78 is 31.5. The first-order valence-electron chi connectivity index (χ1n) is 6.53. The normalized spacial score (nSPS) is 11.3. The van der Waals surface area contributed by atoms with Crippen molar-refractivity contribution in [2.45, 2.75) is 13.5 Å². The van der Waals surface area contributed by atoms with Crippen molar-refractivity contribution in [1.29, 1.82) is 0 Å². The first kappa shape index (κ1) is 15.7. The van der Waals surface area contributed by atoms with Crippen molar-refractivity contribution in [1.82, 2.24) is 0 Å². The van der Waals surface area contributed by atoms with E-state index in [-0.39, 0.29) is 12.2 Å². The highest BCUT2D eigenvalue weighted by Gasteiger charge is 2.03. The van der Waals surface area contributed by atoms with E-state index < -0.39 is 17.6 Å². The zero-order valence-corrected chi connectivity index (χ0v) is 11.8. The standard InChI is InChI=1S/C17H14F2O3/c1-11(17(20)21)6-12-2-4-16(5-3-12)22-10-13-7-14(18)9-15(19)8-13/h2-9H,10H2,1H3,(H,20,21)/b11-6+. The molecule has 2 aromatic rings. The molecule has 0 fully saturated rings. The van der Waals surface area contributed by atoms with Crippen molar-refractivity contribution < 1.29 is 23.4 Å². The van der Waals surface area contributed by atoms with Crippen molar-refractivity contribution >= 4 is 12.0 Å². The maximum atomic E-state index is 13.0. The van der Waals surface area contributed by atoms with E-state index in [4.69, 9.17) is 9.84 Å². The molecule has 0 heterocycles. The number of rotatable bonds is 5. The van der Waals surface area contributed by atoms with E-state index in [1.165, 1.54) is 25.1 Å². The number of hydrogen-bond acceptors (Lipinski definition) is 2. The summed E-state index contributed by atoms with van der Waals surface area (Å²) in [6.07, 6.45) is 1.54. The first-order valence-corrected chi connectivity index (χ1v) is 6.53. The average molecular weight is 304 g/mol. The molecular weight excluding hydrogens is 290 g/mol. The van der Waals surface area contributed by atoms with Gasteiger partial charge in [0.25, 0.3) is 0 Å². The Morgan fingerprint density at radius 3 is 2.27 bits per heavy atom. The molecule has 0 atom stereocenters. The third-order valence-corrected chi connectivity index (χ3v) is 2.93. The van der Waals surface area contributed by atoms with Gasteiger partial charge in [0.2, 0.25) is 0 Å². The number of carboxylic acid groups (broad SMARTS) is 1.